The lowest BCUT2D eigenvalue weighted by atomic mass is 10.0. The van der Waals surface area contributed by atoms with E-state index < -0.39 is 0 Å². The van der Waals surface area contributed by atoms with Crippen molar-refractivity contribution in [2.45, 2.75) is 52.1 Å². The summed E-state index contributed by atoms with van der Waals surface area (Å²) >= 11 is 6.36. The third kappa shape index (κ3) is 6.67. The van der Waals surface area contributed by atoms with Crippen LogP contribution in [0.25, 0.3) is 0 Å². The zero-order valence-electron chi connectivity index (χ0n) is 19.5. The van der Waals surface area contributed by atoms with Gasteiger partial charge in [0.15, 0.2) is 0 Å². The number of hydrogen-bond acceptors (Lipinski definition) is 5. The predicted octanol–water partition coefficient (Wildman–Crippen LogP) is 3.47. The number of carbonyl (C=O) groups is 2. The molecular formula is C24H36ClN3O4. The van der Waals surface area contributed by atoms with Crippen LogP contribution < -0.4 is 5.32 Å². The van der Waals surface area contributed by atoms with Crippen LogP contribution in [0.3, 0.4) is 0 Å². The highest BCUT2D eigenvalue weighted by Gasteiger charge is 2.33. The van der Waals surface area contributed by atoms with Crippen molar-refractivity contribution in [2.24, 2.45) is 5.92 Å². The van der Waals surface area contributed by atoms with Gasteiger partial charge < -0.3 is 19.7 Å². The molecule has 1 saturated carbocycles. The van der Waals surface area contributed by atoms with Crippen LogP contribution in [0.1, 0.15) is 43.7 Å². The Morgan fingerprint density at radius 2 is 1.94 bits per heavy atom. The largest absolute Gasteiger partial charge is 0.382 e. The van der Waals surface area contributed by atoms with Crippen molar-refractivity contribution in [2.75, 3.05) is 51.9 Å². The van der Waals surface area contributed by atoms with Crippen LogP contribution in [0.5, 0.6) is 0 Å². The normalized spacial score (nSPS) is 20.0. The van der Waals surface area contributed by atoms with Gasteiger partial charge in [0, 0.05) is 56.0 Å². The van der Waals surface area contributed by atoms with Crippen molar-refractivity contribution in [3.05, 3.63) is 28.3 Å². The molecule has 3 rings (SSSR count). The molecule has 7 nitrogen and oxygen atoms in total. The lowest BCUT2D eigenvalue weighted by Crippen LogP contribution is -2.54. The maximum absolute atomic E-state index is 12.9. The highest BCUT2D eigenvalue weighted by molar-refractivity contribution is 6.31. The number of anilines is 1. The maximum atomic E-state index is 12.9. The van der Waals surface area contributed by atoms with E-state index in [4.69, 9.17) is 21.1 Å². The Kier molecular flexibility index (Phi) is 9.34. The summed E-state index contributed by atoms with van der Waals surface area (Å²) < 4.78 is 10.2. The van der Waals surface area contributed by atoms with E-state index in [1.807, 2.05) is 13.0 Å². The smallest absolute Gasteiger partial charge is 0.250 e. The first kappa shape index (κ1) is 25.0. The van der Waals surface area contributed by atoms with E-state index in [0.717, 1.165) is 50.1 Å². The topological polar surface area (TPSA) is 71.1 Å². The minimum atomic E-state index is -0.218. The summed E-state index contributed by atoms with van der Waals surface area (Å²) in [6.07, 6.45) is 4.44. The second kappa shape index (κ2) is 12.0. The van der Waals surface area contributed by atoms with Crippen LogP contribution in [0, 0.1) is 12.8 Å². The second-order valence-electron chi connectivity index (χ2n) is 8.93. The number of amides is 2. The molecule has 1 unspecified atom stereocenters. The van der Waals surface area contributed by atoms with Gasteiger partial charge >= 0.3 is 0 Å². The van der Waals surface area contributed by atoms with Crippen molar-refractivity contribution in [1.29, 1.82) is 0 Å². The molecule has 1 aromatic carbocycles. The highest BCUT2D eigenvalue weighted by atomic mass is 35.5. The van der Waals surface area contributed by atoms with Gasteiger partial charge in [0.25, 0.3) is 0 Å². The number of benzene rings is 1. The van der Waals surface area contributed by atoms with Crippen LogP contribution in [0.15, 0.2) is 12.1 Å². The molecule has 1 atom stereocenters. The van der Waals surface area contributed by atoms with Crippen molar-refractivity contribution >= 4 is 29.1 Å². The van der Waals surface area contributed by atoms with E-state index in [0.29, 0.717) is 29.8 Å². The Morgan fingerprint density at radius 1 is 1.19 bits per heavy atom. The van der Waals surface area contributed by atoms with E-state index in [-0.39, 0.29) is 24.5 Å². The van der Waals surface area contributed by atoms with Gasteiger partial charge in [-0.2, -0.15) is 0 Å². The number of ether oxygens (including phenoxy) is 2. The van der Waals surface area contributed by atoms with Crippen LogP contribution in [0.4, 0.5) is 5.69 Å². The molecule has 0 aromatic heterocycles. The molecule has 178 valence electrons. The van der Waals surface area contributed by atoms with Crippen LogP contribution in [0.2, 0.25) is 5.02 Å². The number of halogens is 1. The Morgan fingerprint density at radius 3 is 2.62 bits per heavy atom. The summed E-state index contributed by atoms with van der Waals surface area (Å²) in [7, 11) is 1.59. The van der Waals surface area contributed by atoms with Gasteiger partial charge in [0.05, 0.1) is 13.2 Å². The van der Waals surface area contributed by atoms with Gasteiger partial charge in [-0.1, -0.05) is 24.4 Å². The van der Waals surface area contributed by atoms with Crippen molar-refractivity contribution < 1.29 is 19.1 Å². The summed E-state index contributed by atoms with van der Waals surface area (Å²) in [5.41, 5.74) is 2.78. The summed E-state index contributed by atoms with van der Waals surface area (Å²) in [4.78, 5) is 29.5. The molecule has 1 heterocycles. The maximum Gasteiger partial charge on any atom is 0.250 e. The van der Waals surface area contributed by atoms with Crippen LogP contribution in [-0.4, -0.2) is 74.2 Å². The first-order valence-corrected chi connectivity index (χ1v) is 11.9. The minimum absolute atomic E-state index is 0.0286. The van der Waals surface area contributed by atoms with Crippen LogP contribution >= 0.6 is 11.6 Å². The number of methoxy groups -OCH3 is 1. The minimum Gasteiger partial charge on any atom is -0.382 e. The number of hydrogen-bond donors (Lipinski definition) is 1. The number of carbonyl (C=O) groups excluding carboxylic acids is 2. The van der Waals surface area contributed by atoms with Gasteiger partial charge in [-0.05, 0) is 49.9 Å². The third-order valence-corrected chi connectivity index (χ3v) is 6.73. The molecule has 1 aromatic rings. The summed E-state index contributed by atoms with van der Waals surface area (Å²) in [6, 6.07) is 3.93. The van der Waals surface area contributed by atoms with Crippen molar-refractivity contribution in [1.82, 2.24) is 9.80 Å². The summed E-state index contributed by atoms with van der Waals surface area (Å²) in [5.74, 6) is 0.347. The van der Waals surface area contributed by atoms with Gasteiger partial charge in [-0.15, -0.1) is 0 Å². The van der Waals surface area contributed by atoms with Gasteiger partial charge in [-0.3, -0.25) is 14.5 Å². The standard InChI is InChI=1S/C24H36ClN3O4/c1-17-14-27(8-9-28(17)24(30)19-6-4-5-7-19)15-20-12-21(25)13-22(18(20)2)26-23(29)16-32-11-10-31-3/h12-13,17,19H,4-11,14-16H2,1-3H3,(H,26,29). The number of rotatable bonds is 9. The SMILES string of the molecule is COCCOCC(=O)Nc1cc(Cl)cc(CN2CCN(C(=O)C3CCCC3)C(C)C2)c1C. The lowest BCUT2D eigenvalue weighted by Gasteiger charge is -2.41. The van der Waals surface area contributed by atoms with E-state index in [2.05, 4.69) is 22.0 Å². The first-order chi connectivity index (χ1) is 15.4. The molecule has 1 saturated heterocycles. The molecular weight excluding hydrogens is 430 g/mol. The highest BCUT2D eigenvalue weighted by Crippen LogP contribution is 2.29. The predicted molar refractivity (Wildman–Crippen MR) is 126 cm³/mol. The fourth-order valence-corrected chi connectivity index (χ4v) is 4.92. The van der Waals surface area contributed by atoms with Gasteiger partial charge in [0.1, 0.15) is 6.61 Å². The van der Waals surface area contributed by atoms with E-state index in [1.165, 1.54) is 12.8 Å². The molecule has 1 aliphatic carbocycles. The summed E-state index contributed by atoms with van der Waals surface area (Å²) in [6.45, 7) is 8.09. The molecule has 0 radical (unpaired) electrons. The Balaban J connectivity index is 1.58. The lowest BCUT2D eigenvalue weighted by molar-refractivity contribution is -0.140. The second-order valence-corrected chi connectivity index (χ2v) is 9.36. The quantitative estimate of drug-likeness (QED) is 0.565. The van der Waals surface area contributed by atoms with Gasteiger partial charge in [-0.25, -0.2) is 0 Å². The zero-order valence-corrected chi connectivity index (χ0v) is 20.2. The fourth-order valence-electron chi connectivity index (χ4n) is 4.68. The molecule has 32 heavy (non-hydrogen) atoms. The van der Waals surface area contributed by atoms with E-state index in [1.54, 1.807) is 13.2 Å². The monoisotopic (exact) mass is 465 g/mol. The molecule has 2 aliphatic rings. The molecule has 0 bridgehead atoms. The first-order valence-electron chi connectivity index (χ1n) is 11.6. The third-order valence-electron chi connectivity index (χ3n) is 6.51. The molecule has 1 aliphatic heterocycles. The Labute approximate surface area is 196 Å². The number of nitrogens with zero attached hydrogens (tertiary/aromatic N) is 2. The summed E-state index contributed by atoms with van der Waals surface area (Å²) in [5, 5.41) is 3.49. The Bertz CT molecular complexity index is 798. The molecule has 2 amide bonds. The molecule has 0 spiro atoms. The van der Waals surface area contributed by atoms with E-state index >= 15 is 0 Å². The molecule has 2 fully saturated rings. The average molecular weight is 466 g/mol. The number of piperazine rings is 1. The van der Waals surface area contributed by atoms with E-state index in [9.17, 15) is 9.59 Å². The fraction of sp³-hybridized carbons (Fsp3) is 0.667. The zero-order chi connectivity index (χ0) is 23.1. The number of nitrogens with one attached hydrogen (secondary N) is 1. The van der Waals surface area contributed by atoms with Crippen molar-refractivity contribution in [3.8, 4) is 0 Å². The van der Waals surface area contributed by atoms with Crippen molar-refractivity contribution in [3.63, 3.8) is 0 Å². The average Bonchev–Trinajstić information content (AvgIpc) is 3.29. The van der Waals surface area contributed by atoms with Gasteiger partial charge in [0.2, 0.25) is 11.8 Å². The Hall–Kier alpha value is -1.67. The molecule has 8 heteroatoms. The molecule has 1 N–H and O–H groups in total. The van der Waals surface area contributed by atoms with Crippen LogP contribution in [-0.2, 0) is 25.6 Å².